The first-order valence-corrected chi connectivity index (χ1v) is 5.68. The highest BCUT2D eigenvalue weighted by molar-refractivity contribution is 9.10. The number of benzene rings is 1. The largest absolute Gasteiger partial charge is 0.359 e. The summed E-state index contributed by atoms with van der Waals surface area (Å²) in [6, 6.07) is 8.30. The van der Waals surface area contributed by atoms with Crippen molar-refractivity contribution in [2.75, 3.05) is 20.5 Å². The standard InChI is InChI=1S/C12H17BrO2/c1-12(2,8-15-9-14-3)10-5-4-6-11(13)7-10/h4-7H,8-9H2,1-3H3. The summed E-state index contributed by atoms with van der Waals surface area (Å²) in [4.78, 5) is 0. The molecule has 2 nitrogen and oxygen atoms in total. The van der Waals surface area contributed by atoms with Crippen LogP contribution < -0.4 is 0 Å². The predicted octanol–water partition coefficient (Wildman–Crippen LogP) is 3.35. The van der Waals surface area contributed by atoms with Crippen LogP contribution in [0, 0.1) is 0 Å². The summed E-state index contributed by atoms with van der Waals surface area (Å²) in [5.41, 5.74) is 1.26. The normalized spacial score (nSPS) is 11.7. The van der Waals surface area contributed by atoms with Crippen LogP contribution >= 0.6 is 15.9 Å². The molecule has 0 aliphatic carbocycles. The molecule has 0 saturated heterocycles. The maximum absolute atomic E-state index is 5.40. The van der Waals surface area contributed by atoms with Crippen LogP contribution in [-0.4, -0.2) is 20.5 Å². The van der Waals surface area contributed by atoms with E-state index in [1.807, 2.05) is 12.1 Å². The molecule has 15 heavy (non-hydrogen) atoms. The minimum Gasteiger partial charge on any atom is -0.359 e. The minimum atomic E-state index is 0.00229. The maximum Gasteiger partial charge on any atom is 0.146 e. The van der Waals surface area contributed by atoms with Crippen LogP contribution in [0.4, 0.5) is 0 Å². The molecule has 0 fully saturated rings. The second-order valence-corrected chi connectivity index (χ2v) is 5.06. The summed E-state index contributed by atoms with van der Waals surface area (Å²) >= 11 is 3.47. The molecule has 0 aromatic heterocycles. The van der Waals surface area contributed by atoms with Gasteiger partial charge in [-0.05, 0) is 17.7 Å². The SMILES string of the molecule is COCOCC(C)(C)c1cccc(Br)c1. The van der Waals surface area contributed by atoms with Crippen molar-refractivity contribution in [1.29, 1.82) is 0 Å². The Morgan fingerprint density at radius 1 is 1.33 bits per heavy atom. The van der Waals surface area contributed by atoms with Crippen LogP contribution in [0.15, 0.2) is 28.7 Å². The average Bonchev–Trinajstić information content (AvgIpc) is 2.18. The number of methoxy groups -OCH3 is 1. The third kappa shape index (κ3) is 3.93. The zero-order valence-electron chi connectivity index (χ0n) is 9.42. The van der Waals surface area contributed by atoms with E-state index in [9.17, 15) is 0 Å². The second kappa shape index (κ2) is 5.64. The fraction of sp³-hybridized carbons (Fsp3) is 0.500. The number of halogens is 1. The first-order chi connectivity index (χ1) is 7.06. The molecular weight excluding hydrogens is 256 g/mol. The Labute approximate surface area is 99.7 Å². The van der Waals surface area contributed by atoms with Crippen molar-refractivity contribution in [3.05, 3.63) is 34.3 Å². The van der Waals surface area contributed by atoms with Gasteiger partial charge in [0.25, 0.3) is 0 Å². The van der Waals surface area contributed by atoms with Gasteiger partial charge in [0.15, 0.2) is 0 Å². The lowest BCUT2D eigenvalue weighted by molar-refractivity contribution is -0.0452. The van der Waals surface area contributed by atoms with E-state index >= 15 is 0 Å². The van der Waals surface area contributed by atoms with Gasteiger partial charge in [-0.25, -0.2) is 0 Å². The molecule has 0 bridgehead atoms. The highest BCUT2D eigenvalue weighted by Crippen LogP contribution is 2.25. The molecular formula is C12H17BrO2. The monoisotopic (exact) mass is 272 g/mol. The molecule has 0 N–H and O–H groups in total. The molecule has 0 heterocycles. The molecule has 0 aliphatic heterocycles. The number of hydrogen-bond acceptors (Lipinski definition) is 2. The summed E-state index contributed by atoms with van der Waals surface area (Å²) in [5.74, 6) is 0. The minimum absolute atomic E-state index is 0.00229. The summed E-state index contributed by atoms with van der Waals surface area (Å²) in [6.07, 6.45) is 0. The van der Waals surface area contributed by atoms with Crippen LogP contribution in [0.5, 0.6) is 0 Å². The summed E-state index contributed by atoms with van der Waals surface area (Å²) < 4.78 is 11.4. The lowest BCUT2D eigenvalue weighted by Gasteiger charge is -2.25. The van der Waals surface area contributed by atoms with Gasteiger partial charge in [0.1, 0.15) is 6.79 Å². The molecule has 0 amide bonds. The van der Waals surface area contributed by atoms with Gasteiger partial charge in [0.2, 0.25) is 0 Å². The van der Waals surface area contributed by atoms with E-state index < -0.39 is 0 Å². The summed E-state index contributed by atoms with van der Waals surface area (Å²) in [7, 11) is 1.63. The predicted molar refractivity (Wildman–Crippen MR) is 65.0 cm³/mol. The Morgan fingerprint density at radius 2 is 2.07 bits per heavy atom. The van der Waals surface area contributed by atoms with Crippen molar-refractivity contribution in [3.8, 4) is 0 Å². The quantitative estimate of drug-likeness (QED) is 0.605. The van der Waals surface area contributed by atoms with Crippen molar-refractivity contribution in [2.45, 2.75) is 19.3 Å². The third-order valence-corrected chi connectivity index (χ3v) is 2.76. The Morgan fingerprint density at radius 3 is 2.67 bits per heavy atom. The van der Waals surface area contributed by atoms with Crippen molar-refractivity contribution >= 4 is 15.9 Å². The third-order valence-electron chi connectivity index (χ3n) is 2.27. The summed E-state index contributed by atoms with van der Waals surface area (Å²) in [6.45, 7) is 5.31. The zero-order valence-corrected chi connectivity index (χ0v) is 11.0. The van der Waals surface area contributed by atoms with Gasteiger partial charge in [-0.2, -0.15) is 0 Å². The Hall–Kier alpha value is -0.380. The first kappa shape index (κ1) is 12.7. The van der Waals surface area contributed by atoms with Crippen molar-refractivity contribution < 1.29 is 9.47 Å². The van der Waals surface area contributed by atoms with E-state index in [2.05, 4.69) is 41.9 Å². The van der Waals surface area contributed by atoms with Gasteiger partial charge >= 0.3 is 0 Å². The van der Waals surface area contributed by atoms with Crippen molar-refractivity contribution in [3.63, 3.8) is 0 Å². The number of ether oxygens (including phenoxy) is 2. The lowest BCUT2D eigenvalue weighted by Crippen LogP contribution is -2.24. The van der Waals surface area contributed by atoms with Crippen LogP contribution in [0.2, 0.25) is 0 Å². The van der Waals surface area contributed by atoms with E-state index in [4.69, 9.17) is 9.47 Å². The van der Waals surface area contributed by atoms with Gasteiger partial charge in [-0.15, -0.1) is 0 Å². The van der Waals surface area contributed by atoms with E-state index in [1.165, 1.54) is 5.56 Å². The van der Waals surface area contributed by atoms with Gasteiger partial charge in [-0.1, -0.05) is 41.9 Å². The van der Waals surface area contributed by atoms with E-state index in [0.717, 1.165) is 4.47 Å². The average molecular weight is 273 g/mol. The Balaban J connectivity index is 2.67. The molecule has 1 aromatic carbocycles. The molecule has 0 atom stereocenters. The smallest absolute Gasteiger partial charge is 0.146 e. The van der Waals surface area contributed by atoms with Gasteiger partial charge in [0.05, 0.1) is 6.61 Å². The molecule has 1 aromatic rings. The van der Waals surface area contributed by atoms with E-state index in [0.29, 0.717) is 13.4 Å². The first-order valence-electron chi connectivity index (χ1n) is 4.89. The summed E-state index contributed by atoms with van der Waals surface area (Å²) in [5, 5.41) is 0. The highest BCUT2D eigenvalue weighted by Gasteiger charge is 2.20. The lowest BCUT2D eigenvalue weighted by atomic mass is 9.86. The molecule has 0 aliphatic rings. The molecule has 0 spiro atoms. The molecule has 0 saturated carbocycles. The molecule has 84 valence electrons. The Bertz CT molecular complexity index is 310. The van der Waals surface area contributed by atoms with Crippen LogP contribution in [0.1, 0.15) is 19.4 Å². The van der Waals surface area contributed by atoms with E-state index in [1.54, 1.807) is 7.11 Å². The molecule has 0 radical (unpaired) electrons. The van der Waals surface area contributed by atoms with Crippen molar-refractivity contribution in [2.24, 2.45) is 0 Å². The van der Waals surface area contributed by atoms with Gasteiger partial charge in [0, 0.05) is 17.0 Å². The number of hydrogen-bond donors (Lipinski definition) is 0. The van der Waals surface area contributed by atoms with Crippen LogP contribution in [0.3, 0.4) is 0 Å². The fourth-order valence-corrected chi connectivity index (χ4v) is 1.77. The number of rotatable bonds is 5. The van der Waals surface area contributed by atoms with Crippen molar-refractivity contribution in [1.82, 2.24) is 0 Å². The van der Waals surface area contributed by atoms with Crippen LogP contribution in [-0.2, 0) is 14.9 Å². The van der Waals surface area contributed by atoms with Gasteiger partial charge in [-0.3, -0.25) is 0 Å². The fourth-order valence-electron chi connectivity index (χ4n) is 1.37. The topological polar surface area (TPSA) is 18.5 Å². The molecule has 3 heteroatoms. The highest BCUT2D eigenvalue weighted by atomic mass is 79.9. The zero-order chi connectivity index (χ0) is 11.3. The molecule has 0 unspecified atom stereocenters. The second-order valence-electron chi connectivity index (χ2n) is 4.15. The van der Waals surface area contributed by atoms with Crippen LogP contribution in [0.25, 0.3) is 0 Å². The maximum atomic E-state index is 5.40. The Kier molecular flexibility index (Phi) is 4.77. The van der Waals surface area contributed by atoms with E-state index in [-0.39, 0.29) is 5.41 Å². The van der Waals surface area contributed by atoms with Gasteiger partial charge < -0.3 is 9.47 Å². The molecule has 1 rings (SSSR count).